The smallest absolute Gasteiger partial charge is 0.355 e. The Bertz CT molecular complexity index is 961. The van der Waals surface area contributed by atoms with Crippen molar-refractivity contribution in [1.29, 1.82) is 0 Å². The minimum absolute atomic E-state index is 0.0675. The van der Waals surface area contributed by atoms with Crippen LogP contribution < -0.4 is 10.6 Å². The quantitative estimate of drug-likeness (QED) is 0.488. The van der Waals surface area contributed by atoms with Crippen LogP contribution in [0.15, 0.2) is 54.2 Å². The molecule has 30 heavy (non-hydrogen) atoms. The first-order chi connectivity index (χ1) is 14.2. The van der Waals surface area contributed by atoms with Gasteiger partial charge in [0.05, 0.1) is 6.04 Å². The van der Waals surface area contributed by atoms with Gasteiger partial charge in [0.1, 0.15) is 5.70 Å². The van der Waals surface area contributed by atoms with Gasteiger partial charge in [0.15, 0.2) is 6.10 Å². The van der Waals surface area contributed by atoms with Crippen LogP contribution in [-0.4, -0.2) is 23.9 Å². The van der Waals surface area contributed by atoms with E-state index in [0.717, 1.165) is 0 Å². The third-order valence-electron chi connectivity index (χ3n) is 4.08. The highest BCUT2D eigenvalue weighted by Crippen LogP contribution is 2.26. The molecule has 0 aliphatic heterocycles. The molecular weight excluding hydrogens is 427 g/mol. The van der Waals surface area contributed by atoms with Crippen LogP contribution in [0.3, 0.4) is 0 Å². The number of nitrogens with one attached hydrogen (secondary N) is 2. The van der Waals surface area contributed by atoms with E-state index in [9.17, 15) is 14.4 Å². The molecule has 0 aromatic heterocycles. The second kappa shape index (κ2) is 10.8. The summed E-state index contributed by atoms with van der Waals surface area (Å²) >= 11 is 12.1. The first-order valence-corrected chi connectivity index (χ1v) is 9.93. The monoisotopic (exact) mass is 448 g/mol. The van der Waals surface area contributed by atoms with Gasteiger partial charge in [-0.15, -0.1) is 0 Å². The van der Waals surface area contributed by atoms with Crippen LogP contribution in [0.25, 0.3) is 6.08 Å². The van der Waals surface area contributed by atoms with E-state index in [2.05, 4.69) is 10.6 Å². The van der Waals surface area contributed by atoms with Gasteiger partial charge in [-0.05, 0) is 43.2 Å². The first kappa shape index (κ1) is 23.4. The van der Waals surface area contributed by atoms with Gasteiger partial charge in [0.2, 0.25) is 5.91 Å². The molecule has 158 valence electrons. The molecule has 2 aromatic carbocycles. The van der Waals surface area contributed by atoms with Crippen molar-refractivity contribution in [3.05, 3.63) is 75.4 Å². The number of carbonyl (C=O) groups is 3. The van der Waals surface area contributed by atoms with Crippen molar-refractivity contribution in [2.24, 2.45) is 0 Å². The SMILES string of the molecule is CC(=O)N/C(=C/c1ccccc1)C(=O)O[C@@H](C)C(=O)N[C@H](C)c1ccc(Cl)cc1Cl. The summed E-state index contributed by atoms with van der Waals surface area (Å²) in [6.07, 6.45) is 0.378. The molecule has 2 N–H and O–H groups in total. The molecule has 8 heteroatoms. The van der Waals surface area contributed by atoms with E-state index in [1.807, 2.05) is 6.07 Å². The van der Waals surface area contributed by atoms with Gasteiger partial charge in [-0.3, -0.25) is 9.59 Å². The molecule has 2 aromatic rings. The molecule has 0 fully saturated rings. The molecular formula is C22H22Cl2N2O4. The summed E-state index contributed by atoms with van der Waals surface area (Å²) in [5.41, 5.74) is 1.30. The van der Waals surface area contributed by atoms with Crippen LogP contribution in [0.5, 0.6) is 0 Å². The summed E-state index contributed by atoms with van der Waals surface area (Å²) < 4.78 is 5.25. The lowest BCUT2D eigenvalue weighted by Gasteiger charge is -2.20. The highest BCUT2D eigenvalue weighted by atomic mass is 35.5. The zero-order valence-corrected chi connectivity index (χ0v) is 18.3. The van der Waals surface area contributed by atoms with Crippen LogP contribution in [0.1, 0.15) is 37.9 Å². The number of esters is 1. The summed E-state index contributed by atoms with van der Waals surface area (Å²) in [6, 6.07) is 13.5. The lowest BCUT2D eigenvalue weighted by Crippen LogP contribution is -2.38. The predicted octanol–water partition coefficient (Wildman–Crippen LogP) is 4.28. The van der Waals surface area contributed by atoms with Crippen LogP contribution in [0.2, 0.25) is 10.0 Å². The van der Waals surface area contributed by atoms with Crippen molar-refractivity contribution in [1.82, 2.24) is 10.6 Å². The molecule has 0 heterocycles. The van der Waals surface area contributed by atoms with E-state index < -0.39 is 29.9 Å². The Morgan fingerprint density at radius 1 is 1.03 bits per heavy atom. The van der Waals surface area contributed by atoms with Crippen molar-refractivity contribution in [2.45, 2.75) is 32.9 Å². The van der Waals surface area contributed by atoms with Gasteiger partial charge in [-0.25, -0.2) is 4.79 Å². The van der Waals surface area contributed by atoms with Gasteiger partial charge in [0.25, 0.3) is 5.91 Å². The van der Waals surface area contributed by atoms with Crippen molar-refractivity contribution < 1.29 is 19.1 Å². The molecule has 2 atom stereocenters. The van der Waals surface area contributed by atoms with Gasteiger partial charge in [-0.1, -0.05) is 59.6 Å². The number of halogens is 2. The lowest BCUT2D eigenvalue weighted by atomic mass is 10.1. The van der Waals surface area contributed by atoms with Gasteiger partial charge >= 0.3 is 5.97 Å². The maximum atomic E-state index is 12.5. The maximum absolute atomic E-state index is 12.5. The average molecular weight is 449 g/mol. The van der Waals surface area contributed by atoms with Crippen molar-refractivity contribution >= 4 is 47.1 Å². The summed E-state index contributed by atoms with van der Waals surface area (Å²) in [6.45, 7) is 4.47. The van der Waals surface area contributed by atoms with Gasteiger partial charge in [-0.2, -0.15) is 0 Å². The number of benzene rings is 2. The molecule has 0 radical (unpaired) electrons. The number of rotatable bonds is 7. The molecule has 0 saturated carbocycles. The minimum atomic E-state index is -1.10. The third-order valence-corrected chi connectivity index (χ3v) is 4.64. The second-order valence-corrected chi connectivity index (χ2v) is 7.44. The van der Waals surface area contributed by atoms with Crippen LogP contribution in [0, 0.1) is 0 Å². The van der Waals surface area contributed by atoms with Crippen molar-refractivity contribution in [3.63, 3.8) is 0 Å². The van der Waals surface area contributed by atoms with Crippen LogP contribution in [0.4, 0.5) is 0 Å². The Morgan fingerprint density at radius 2 is 1.70 bits per heavy atom. The van der Waals surface area contributed by atoms with Crippen LogP contribution >= 0.6 is 23.2 Å². The lowest BCUT2D eigenvalue weighted by molar-refractivity contribution is -0.152. The average Bonchev–Trinajstić information content (AvgIpc) is 2.67. The Kier molecular flexibility index (Phi) is 8.45. The number of hydrogen-bond acceptors (Lipinski definition) is 4. The first-order valence-electron chi connectivity index (χ1n) is 9.18. The molecule has 0 aliphatic rings. The molecule has 2 rings (SSSR count). The van der Waals surface area contributed by atoms with Crippen molar-refractivity contribution in [2.75, 3.05) is 0 Å². The fourth-order valence-electron chi connectivity index (χ4n) is 2.59. The minimum Gasteiger partial charge on any atom is -0.448 e. The van der Waals surface area contributed by atoms with E-state index in [1.165, 1.54) is 19.9 Å². The Balaban J connectivity index is 2.07. The highest BCUT2D eigenvalue weighted by molar-refractivity contribution is 6.35. The van der Waals surface area contributed by atoms with E-state index in [1.54, 1.807) is 49.4 Å². The molecule has 0 bridgehead atoms. The predicted molar refractivity (Wildman–Crippen MR) is 117 cm³/mol. The molecule has 0 unspecified atom stereocenters. The summed E-state index contributed by atoms with van der Waals surface area (Å²) in [5, 5.41) is 6.08. The van der Waals surface area contributed by atoms with Gasteiger partial charge < -0.3 is 15.4 Å². The topological polar surface area (TPSA) is 84.5 Å². The normalized spacial score (nSPS) is 13.2. The Labute approximate surface area is 185 Å². The number of carbonyl (C=O) groups excluding carboxylic acids is 3. The van der Waals surface area contributed by atoms with E-state index in [-0.39, 0.29) is 5.70 Å². The fraction of sp³-hybridized carbons (Fsp3) is 0.227. The van der Waals surface area contributed by atoms with E-state index in [4.69, 9.17) is 27.9 Å². The van der Waals surface area contributed by atoms with E-state index >= 15 is 0 Å². The molecule has 2 amide bonds. The highest BCUT2D eigenvalue weighted by Gasteiger charge is 2.23. The van der Waals surface area contributed by atoms with Crippen molar-refractivity contribution in [3.8, 4) is 0 Å². The largest absolute Gasteiger partial charge is 0.448 e. The van der Waals surface area contributed by atoms with E-state index in [0.29, 0.717) is 21.2 Å². The second-order valence-electron chi connectivity index (χ2n) is 6.59. The number of amides is 2. The van der Waals surface area contributed by atoms with Crippen LogP contribution in [-0.2, 0) is 19.1 Å². The Morgan fingerprint density at radius 3 is 2.30 bits per heavy atom. The zero-order chi connectivity index (χ0) is 22.3. The zero-order valence-electron chi connectivity index (χ0n) is 16.7. The third kappa shape index (κ3) is 6.90. The molecule has 0 aliphatic carbocycles. The summed E-state index contributed by atoms with van der Waals surface area (Å²) in [4.78, 5) is 36.5. The Hall–Kier alpha value is -2.83. The molecule has 0 spiro atoms. The number of hydrogen-bond donors (Lipinski definition) is 2. The van der Waals surface area contributed by atoms with Gasteiger partial charge in [0, 0.05) is 17.0 Å². The molecule has 6 nitrogen and oxygen atoms in total. The summed E-state index contributed by atoms with van der Waals surface area (Å²) in [7, 11) is 0. The molecule has 0 saturated heterocycles. The fourth-order valence-corrected chi connectivity index (χ4v) is 3.16. The summed E-state index contributed by atoms with van der Waals surface area (Å²) in [5.74, 6) is -1.77. The number of ether oxygens (including phenoxy) is 1. The maximum Gasteiger partial charge on any atom is 0.355 e. The standard InChI is InChI=1S/C22H22Cl2N2O4/c1-13(18-10-9-17(23)12-19(18)24)25-21(28)14(2)30-22(29)20(26-15(3)27)11-16-7-5-4-6-8-16/h4-14H,1-3H3,(H,25,28)(H,26,27)/b20-11+/t13-,14+/m1/s1.